The summed E-state index contributed by atoms with van der Waals surface area (Å²) in [6.45, 7) is 5.41. The molecule has 1 aliphatic heterocycles. The summed E-state index contributed by atoms with van der Waals surface area (Å²) < 4.78 is 10.9. The second-order valence-corrected chi connectivity index (χ2v) is 3.94. The van der Waals surface area contributed by atoms with Gasteiger partial charge in [-0.3, -0.25) is 0 Å². The van der Waals surface area contributed by atoms with Gasteiger partial charge < -0.3 is 14.5 Å². The molecule has 0 saturated carbocycles. The second kappa shape index (κ2) is 4.72. The van der Waals surface area contributed by atoms with Gasteiger partial charge in [-0.15, -0.1) is 10.2 Å². The summed E-state index contributed by atoms with van der Waals surface area (Å²) in [7, 11) is 0. The van der Waals surface area contributed by atoms with E-state index in [0.29, 0.717) is 30.5 Å². The van der Waals surface area contributed by atoms with Crippen molar-refractivity contribution in [2.75, 3.05) is 6.61 Å². The fraction of sp³-hybridized carbons (Fsp3) is 0.800. The fourth-order valence-electron chi connectivity index (χ4n) is 1.79. The Labute approximate surface area is 89.2 Å². The maximum absolute atomic E-state index is 5.58. The van der Waals surface area contributed by atoms with E-state index >= 15 is 0 Å². The van der Waals surface area contributed by atoms with Crippen LogP contribution < -0.4 is 5.32 Å². The molecule has 5 nitrogen and oxygen atoms in total. The molecule has 0 spiro atoms. The summed E-state index contributed by atoms with van der Waals surface area (Å²) in [5.41, 5.74) is 0. The molecule has 1 aromatic rings. The van der Waals surface area contributed by atoms with Gasteiger partial charge in [0.1, 0.15) is 0 Å². The van der Waals surface area contributed by atoms with E-state index < -0.39 is 0 Å². The summed E-state index contributed by atoms with van der Waals surface area (Å²) in [6, 6.07) is 0.333. The zero-order valence-corrected chi connectivity index (χ0v) is 9.19. The molecule has 1 aliphatic rings. The Kier molecular flexibility index (Phi) is 3.33. The van der Waals surface area contributed by atoms with Crippen LogP contribution in [-0.4, -0.2) is 29.0 Å². The van der Waals surface area contributed by atoms with Gasteiger partial charge in [-0.25, -0.2) is 0 Å². The molecule has 2 rings (SSSR count). The van der Waals surface area contributed by atoms with Crippen LogP contribution in [0.5, 0.6) is 0 Å². The highest BCUT2D eigenvalue weighted by molar-refractivity contribution is 4.82. The number of hydrogen-bond donors (Lipinski definition) is 1. The van der Waals surface area contributed by atoms with E-state index in [2.05, 4.69) is 22.4 Å². The second-order valence-electron chi connectivity index (χ2n) is 3.94. The SMILES string of the molecule is Cc1nnc(CN[C@H](C)[C@@H]2CCCO2)o1. The summed E-state index contributed by atoms with van der Waals surface area (Å²) >= 11 is 0. The van der Waals surface area contributed by atoms with E-state index in [1.54, 1.807) is 6.92 Å². The molecular weight excluding hydrogens is 194 g/mol. The lowest BCUT2D eigenvalue weighted by Crippen LogP contribution is -2.36. The molecule has 5 heteroatoms. The molecule has 1 fully saturated rings. The van der Waals surface area contributed by atoms with Gasteiger partial charge in [-0.05, 0) is 19.8 Å². The normalized spacial score (nSPS) is 23.2. The Balaban J connectivity index is 1.77. The van der Waals surface area contributed by atoms with Crippen molar-refractivity contribution < 1.29 is 9.15 Å². The van der Waals surface area contributed by atoms with Gasteiger partial charge in [0, 0.05) is 19.6 Å². The monoisotopic (exact) mass is 211 g/mol. The third-order valence-electron chi connectivity index (χ3n) is 2.67. The summed E-state index contributed by atoms with van der Waals surface area (Å²) in [5, 5.41) is 11.0. The van der Waals surface area contributed by atoms with E-state index in [1.807, 2.05) is 0 Å². The van der Waals surface area contributed by atoms with Crippen LogP contribution in [0.25, 0.3) is 0 Å². The molecule has 2 atom stereocenters. The molecule has 84 valence electrons. The summed E-state index contributed by atoms with van der Waals surface area (Å²) in [4.78, 5) is 0. The third kappa shape index (κ3) is 2.76. The molecule has 15 heavy (non-hydrogen) atoms. The molecular formula is C10H17N3O2. The number of hydrogen-bond acceptors (Lipinski definition) is 5. The van der Waals surface area contributed by atoms with E-state index in [1.165, 1.54) is 0 Å². The maximum Gasteiger partial charge on any atom is 0.230 e. The summed E-state index contributed by atoms with van der Waals surface area (Å²) in [6.07, 6.45) is 2.63. The highest BCUT2D eigenvalue weighted by Gasteiger charge is 2.22. The lowest BCUT2D eigenvalue weighted by atomic mass is 10.1. The quantitative estimate of drug-likeness (QED) is 0.806. The smallest absolute Gasteiger partial charge is 0.230 e. The first-order chi connectivity index (χ1) is 7.25. The highest BCUT2D eigenvalue weighted by atomic mass is 16.5. The Morgan fingerprint density at radius 3 is 3.00 bits per heavy atom. The zero-order valence-electron chi connectivity index (χ0n) is 9.19. The number of nitrogens with one attached hydrogen (secondary N) is 1. The molecule has 0 bridgehead atoms. The van der Waals surface area contributed by atoms with Crippen molar-refractivity contribution in [3.8, 4) is 0 Å². The van der Waals surface area contributed by atoms with E-state index in [-0.39, 0.29) is 0 Å². The van der Waals surface area contributed by atoms with E-state index in [0.717, 1.165) is 19.4 Å². The zero-order chi connectivity index (χ0) is 10.7. The van der Waals surface area contributed by atoms with E-state index in [9.17, 15) is 0 Å². The lowest BCUT2D eigenvalue weighted by molar-refractivity contribution is 0.0824. The topological polar surface area (TPSA) is 60.2 Å². The van der Waals surface area contributed by atoms with Crippen LogP contribution in [0.4, 0.5) is 0 Å². The predicted molar refractivity (Wildman–Crippen MR) is 54.3 cm³/mol. The minimum Gasteiger partial charge on any atom is -0.424 e. The highest BCUT2D eigenvalue weighted by Crippen LogP contribution is 2.15. The van der Waals surface area contributed by atoms with Crippen molar-refractivity contribution in [1.82, 2.24) is 15.5 Å². The van der Waals surface area contributed by atoms with Gasteiger partial charge >= 0.3 is 0 Å². The number of aromatic nitrogens is 2. The number of nitrogens with zero attached hydrogens (tertiary/aromatic N) is 2. The molecule has 1 saturated heterocycles. The van der Waals surface area contributed by atoms with Gasteiger partial charge in [0.2, 0.25) is 11.8 Å². The Bertz CT molecular complexity index is 307. The molecule has 0 aliphatic carbocycles. The van der Waals surface area contributed by atoms with Gasteiger partial charge in [0.15, 0.2) is 0 Å². The van der Waals surface area contributed by atoms with Gasteiger partial charge in [0.25, 0.3) is 0 Å². The van der Waals surface area contributed by atoms with E-state index in [4.69, 9.17) is 9.15 Å². The maximum atomic E-state index is 5.58. The van der Waals surface area contributed by atoms with Crippen LogP contribution in [0.3, 0.4) is 0 Å². The number of ether oxygens (including phenoxy) is 1. The third-order valence-corrected chi connectivity index (χ3v) is 2.67. The first kappa shape index (κ1) is 10.6. The average Bonchev–Trinajstić information content (AvgIpc) is 2.84. The molecule has 1 N–H and O–H groups in total. The minimum absolute atomic E-state index is 0.328. The fourth-order valence-corrected chi connectivity index (χ4v) is 1.79. The number of aryl methyl sites for hydroxylation is 1. The lowest BCUT2D eigenvalue weighted by Gasteiger charge is -2.18. The van der Waals surface area contributed by atoms with Gasteiger partial charge in [-0.1, -0.05) is 0 Å². The molecule has 0 aromatic carbocycles. The van der Waals surface area contributed by atoms with Crippen molar-refractivity contribution in [3.63, 3.8) is 0 Å². The van der Waals surface area contributed by atoms with Crippen LogP contribution in [0.15, 0.2) is 4.42 Å². The molecule has 0 radical (unpaired) electrons. The van der Waals surface area contributed by atoms with Gasteiger partial charge in [0.05, 0.1) is 12.6 Å². The van der Waals surface area contributed by atoms with Crippen LogP contribution in [-0.2, 0) is 11.3 Å². The van der Waals surface area contributed by atoms with Crippen molar-refractivity contribution >= 4 is 0 Å². The first-order valence-electron chi connectivity index (χ1n) is 5.39. The Morgan fingerprint density at radius 2 is 2.40 bits per heavy atom. The molecule has 1 aromatic heterocycles. The number of rotatable bonds is 4. The van der Waals surface area contributed by atoms with Crippen molar-refractivity contribution in [1.29, 1.82) is 0 Å². The van der Waals surface area contributed by atoms with Gasteiger partial charge in [-0.2, -0.15) is 0 Å². The van der Waals surface area contributed by atoms with Crippen LogP contribution in [0.2, 0.25) is 0 Å². The summed E-state index contributed by atoms with van der Waals surface area (Å²) in [5.74, 6) is 1.24. The first-order valence-corrected chi connectivity index (χ1v) is 5.39. The van der Waals surface area contributed by atoms with Crippen molar-refractivity contribution in [2.45, 2.75) is 45.4 Å². The Hall–Kier alpha value is -0.940. The predicted octanol–water partition coefficient (Wildman–Crippen LogP) is 1.04. The standard InChI is InChI=1S/C10H17N3O2/c1-7(9-4-3-5-14-9)11-6-10-13-12-8(2)15-10/h7,9,11H,3-6H2,1-2H3/t7-,9+/m1/s1. The van der Waals surface area contributed by atoms with Crippen molar-refractivity contribution in [3.05, 3.63) is 11.8 Å². The van der Waals surface area contributed by atoms with Crippen LogP contribution >= 0.6 is 0 Å². The minimum atomic E-state index is 0.328. The van der Waals surface area contributed by atoms with Crippen LogP contribution in [0.1, 0.15) is 31.5 Å². The molecule has 2 heterocycles. The average molecular weight is 211 g/mol. The molecule has 0 amide bonds. The molecule has 0 unspecified atom stereocenters. The van der Waals surface area contributed by atoms with Crippen molar-refractivity contribution in [2.24, 2.45) is 0 Å². The van der Waals surface area contributed by atoms with Crippen LogP contribution in [0, 0.1) is 6.92 Å². The Morgan fingerprint density at radius 1 is 1.53 bits per heavy atom. The largest absolute Gasteiger partial charge is 0.424 e.